The molecule has 5 heteroatoms. The van der Waals surface area contributed by atoms with Crippen LogP contribution in [-0.2, 0) is 0 Å². The highest BCUT2D eigenvalue weighted by Gasteiger charge is 2.20. The topological polar surface area (TPSA) is 38.9 Å². The Morgan fingerprint density at radius 3 is 2.56 bits per heavy atom. The van der Waals surface area contributed by atoms with Crippen LogP contribution >= 0.6 is 11.6 Å². The van der Waals surface area contributed by atoms with Crippen LogP contribution in [0.4, 0.5) is 8.78 Å². The molecule has 0 fully saturated rings. The van der Waals surface area contributed by atoms with Gasteiger partial charge in [-0.2, -0.15) is 0 Å². The van der Waals surface area contributed by atoms with Crippen molar-refractivity contribution in [1.29, 1.82) is 0 Å². The Hall–Kier alpha value is -1.52. The number of nitrogens with two attached hydrogens (primary N) is 1. The number of nitrogens with zero attached hydrogens (tertiary/aromatic N) is 1. The monoisotopic (exact) mass is 268 g/mol. The largest absolute Gasteiger partial charge is 0.319 e. The van der Waals surface area contributed by atoms with Gasteiger partial charge in [-0.25, -0.2) is 8.78 Å². The lowest BCUT2D eigenvalue weighted by Crippen LogP contribution is -2.17. The molecule has 0 radical (unpaired) electrons. The van der Waals surface area contributed by atoms with Gasteiger partial charge in [0.15, 0.2) is 0 Å². The van der Waals surface area contributed by atoms with E-state index in [1.807, 2.05) is 0 Å². The zero-order chi connectivity index (χ0) is 13.3. The number of pyridine rings is 1. The van der Waals surface area contributed by atoms with Crippen molar-refractivity contribution in [3.05, 3.63) is 63.9 Å². The van der Waals surface area contributed by atoms with E-state index in [1.54, 1.807) is 19.1 Å². The van der Waals surface area contributed by atoms with Gasteiger partial charge in [0, 0.05) is 11.8 Å². The fourth-order valence-corrected chi connectivity index (χ4v) is 1.79. The first-order valence-electron chi connectivity index (χ1n) is 5.32. The van der Waals surface area contributed by atoms with Crippen molar-refractivity contribution < 1.29 is 8.78 Å². The minimum Gasteiger partial charge on any atom is -0.319 e. The molecule has 94 valence electrons. The van der Waals surface area contributed by atoms with Gasteiger partial charge >= 0.3 is 0 Å². The van der Waals surface area contributed by atoms with E-state index in [2.05, 4.69) is 4.98 Å². The molecule has 2 nitrogen and oxygen atoms in total. The maximum absolute atomic E-state index is 13.9. The third-order valence-corrected chi connectivity index (χ3v) is 2.92. The van der Waals surface area contributed by atoms with Crippen LogP contribution in [0.2, 0.25) is 5.02 Å². The number of hydrogen-bond donors (Lipinski definition) is 1. The average molecular weight is 269 g/mol. The van der Waals surface area contributed by atoms with E-state index >= 15 is 0 Å². The van der Waals surface area contributed by atoms with Crippen LogP contribution in [0, 0.1) is 18.6 Å². The molecular formula is C13H11ClF2N2. The molecule has 2 N–H and O–H groups in total. The highest BCUT2D eigenvalue weighted by molar-refractivity contribution is 6.30. The van der Waals surface area contributed by atoms with Crippen LogP contribution in [0.5, 0.6) is 0 Å². The van der Waals surface area contributed by atoms with Crippen LogP contribution < -0.4 is 5.73 Å². The van der Waals surface area contributed by atoms with Crippen molar-refractivity contribution in [2.45, 2.75) is 13.0 Å². The molecule has 2 rings (SSSR count). The molecule has 1 atom stereocenters. The molecule has 1 aromatic carbocycles. The summed E-state index contributed by atoms with van der Waals surface area (Å²) in [6.45, 7) is 1.56. The Labute approximate surface area is 108 Å². The fourth-order valence-electron chi connectivity index (χ4n) is 1.68. The lowest BCUT2D eigenvalue weighted by atomic mass is 10.0. The smallest absolute Gasteiger partial charge is 0.134 e. The van der Waals surface area contributed by atoms with Crippen molar-refractivity contribution in [3.8, 4) is 0 Å². The first-order valence-corrected chi connectivity index (χ1v) is 5.70. The molecule has 2 aromatic rings. The van der Waals surface area contributed by atoms with Crippen LogP contribution in [0.15, 0.2) is 30.5 Å². The Bertz CT molecular complexity index is 570. The number of benzene rings is 1. The summed E-state index contributed by atoms with van der Waals surface area (Å²) in [5, 5.41) is 0.441. The van der Waals surface area contributed by atoms with Gasteiger partial charge in [0.2, 0.25) is 0 Å². The van der Waals surface area contributed by atoms with Gasteiger partial charge < -0.3 is 5.73 Å². The Morgan fingerprint density at radius 2 is 1.94 bits per heavy atom. The summed E-state index contributed by atoms with van der Waals surface area (Å²) in [6, 6.07) is 4.74. The van der Waals surface area contributed by atoms with E-state index in [0.717, 1.165) is 0 Å². The van der Waals surface area contributed by atoms with E-state index < -0.39 is 17.7 Å². The highest BCUT2D eigenvalue weighted by atomic mass is 35.5. The third-order valence-electron chi connectivity index (χ3n) is 2.70. The zero-order valence-corrected chi connectivity index (χ0v) is 10.4. The Morgan fingerprint density at radius 1 is 1.22 bits per heavy atom. The number of halogens is 3. The molecule has 0 aliphatic rings. The standard InChI is InChI=1S/C13H11ClF2N2/c1-7-2-4-9(15)11(12(7)16)13(17)10-5-3-8(14)6-18-10/h2-6,13H,17H2,1H3. The molecule has 0 aliphatic carbocycles. The van der Waals surface area contributed by atoms with Gasteiger partial charge in [-0.1, -0.05) is 17.7 Å². The number of rotatable bonds is 2. The third kappa shape index (κ3) is 2.35. The normalized spacial score (nSPS) is 12.5. The molecule has 0 spiro atoms. The molecule has 18 heavy (non-hydrogen) atoms. The molecule has 1 unspecified atom stereocenters. The van der Waals surface area contributed by atoms with Crippen molar-refractivity contribution >= 4 is 11.6 Å². The van der Waals surface area contributed by atoms with Crippen molar-refractivity contribution in [3.63, 3.8) is 0 Å². The summed E-state index contributed by atoms with van der Waals surface area (Å²) in [5.74, 6) is -1.32. The molecule has 0 bridgehead atoms. The summed E-state index contributed by atoms with van der Waals surface area (Å²) >= 11 is 5.70. The lowest BCUT2D eigenvalue weighted by Gasteiger charge is -2.14. The molecular weight excluding hydrogens is 258 g/mol. The SMILES string of the molecule is Cc1ccc(F)c(C(N)c2ccc(Cl)cn2)c1F. The first kappa shape index (κ1) is 12.9. The minimum atomic E-state index is -0.956. The van der Waals surface area contributed by atoms with Gasteiger partial charge in [-0.15, -0.1) is 0 Å². The van der Waals surface area contributed by atoms with E-state index in [1.165, 1.54) is 18.3 Å². The Kier molecular flexibility index (Phi) is 3.59. The van der Waals surface area contributed by atoms with Crippen molar-refractivity contribution in [1.82, 2.24) is 4.98 Å². The maximum atomic E-state index is 13.9. The predicted octanol–water partition coefficient (Wildman–Crippen LogP) is 3.37. The van der Waals surface area contributed by atoms with Gasteiger partial charge in [0.05, 0.1) is 16.8 Å². The fraction of sp³-hybridized carbons (Fsp3) is 0.154. The van der Waals surface area contributed by atoms with E-state index in [0.29, 0.717) is 16.3 Å². The molecule has 0 saturated carbocycles. The Balaban J connectivity index is 2.49. The summed E-state index contributed by atoms with van der Waals surface area (Å²) in [5.41, 5.74) is 6.38. The number of hydrogen-bond acceptors (Lipinski definition) is 2. The lowest BCUT2D eigenvalue weighted by molar-refractivity contribution is 0.535. The van der Waals surface area contributed by atoms with Gasteiger partial charge in [-0.3, -0.25) is 4.98 Å². The second kappa shape index (κ2) is 5.00. The van der Waals surface area contributed by atoms with Gasteiger partial charge in [0.1, 0.15) is 11.6 Å². The summed E-state index contributed by atoms with van der Waals surface area (Å²) in [4.78, 5) is 3.98. The summed E-state index contributed by atoms with van der Waals surface area (Å²) in [7, 11) is 0. The molecule has 1 aromatic heterocycles. The maximum Gasteiger partial charge on any atom is 0.134 e. The van der Waals surface area contributed by atoms with E-state index in [-0.39, 0.29) is 5.56 Å². The van der Waals surface area contributed by atoms with Crippen molar-refractivity contribution in [2.75, 3.05) is 0 Å². The molecule has 0 saturated heterocycles. The number of aryl methyl sites for hydroxylation is 1. The van der Waals surface area contributed by atoms with Crippen molar-refractivity contribution in [2.24, 2.45) is 5.73 Å². The van der Waals surface area contributed by atoms with Gasteiger partial charge in [0.25, 0.3) is 0 Å². The summed E-state index contributed by atoms with van der Waals surface area (Å²) < 4.78 is 27.6. The number of aromatic nitrogens is 1. The zero-order valence-electron chi connectivity index (χ0n) is 9.62. The molecule has 1 heterocycles. The second-order valence-corrected chi connectivity index (χ2v) is 4.41. The van der Waals surface area contributed by atoms with E-state index in [4.69, 9.17) is 17.3 Å². The minimum absolute atomic E-state index is 0.176. The second-order valence-electron chi connectivity index (χ2n) is 3.97. The van der Waals surface area contributed by atoms with Gasteiger partial charge in [-0.05, 0) is 30.7 Å². The van der Waals surface area contributed by atoms with Crippen LogP contribution in [0.3, 0.4) is 0 Å². The first-order chi connectivity index (χ1) is 8.50. The molecule has 0 aliphatic heterocycles. The predicted molar refractivity (Wildman–Crippen MR) is 66.4 cm³/mol. The van der Waals surface area contributed by atoms with Crippen LogP contribution in [0.1, 0.15) is 22.9 Å². The molecule has 0 amide bonds. The van der Waals surface area contributed by atoms with Crippen LogP contribution in [0.25, 0.3) is 0 Å². The average Bonchev–Trinajstić information content (AvgIpc) is 2.35. The summed E-state index contributed by atoms with van der Waals surface area (Å²) in [6.07, 6.45) is 1.39. The van der Waals surface area contributed by atoms with E-state index in [9.17, 15) is 8.78 Å². The quantitative estimate of drug-likeness (QED) is 0.907. The van der Waals surface area contributed by atoms with Crippen LogP contribution in [-0.4, -0.2) is 4.98 Å². The highest BCUT2D eigenvalue weighted by Crippen LogP contribution is 2.26.